The van der Waals surface area contributed by atoms with Crippen LogP contribution in [0.2, 0.25) is 25.7 Å². The Morgan fingerprint density at radius 3 is 2.57 bits per heavy atom. The number of unbranched alkanes of at least 4 members (excludes halogenated alkanes) is 3. The van der Waals surface area contributed by atoms with E-state index in [1.807, 2.05) is 64.1 Å². The first kappa shape index (κ1) is 31.1. The molecule has 5 rings (SSSR count). The van der Waals surface area contributed by atoms with E-state index in [1.54, 1.807) is 6.07 Å². The molecule has 3 aromatic carbocycles. The van der Waals surface area contributed by atoms with Gasteiger partial charge in [0.1, 0.15) is 18.8 Å². The number of fused-ring (bicyclic) bond motifs is 1. The standard InChI is InChI=1S/C35H41N5O3Si/c1-44(2,3)21-20-43-25-40-32-18-17-26(22-27(32)23-37-40)30-15-11-16-31(34(36)42)33(30)35-38-28(12-7-4-5-10-19-41)24-39(35)29-13-8-6-9-14-29/h6,8-9,11,13-19,22-24H,4-5,7,10,12,20-21,25H2,1-3H3,(H2,36,42). The fourth-order valence-corrected chi connectivity index (χ4v) is 6.10. The van der Waals surface area contributed by atoms with Gasteiger partial charge in [-0.2, -0.15) is 5.10 Å². The van der Waals surface area contributed by atoms with E-state index in [9.17, 15) is 9.59 Å². The van der Waals surface area contributed by atoms with Gasteiger partial charge in [0.05, 0.1) is 23.0 Å². The molecule has 44 heavy (non-hydrogen) atoms. The molecule has 8 nitrogen and oxygen atoms in total. The molecule has 0 fully saturated rings. The highest BCUT2D eigenvalue weighted by atomic mass is 28.3. The van der Waals surface area contributed by atoms with Crippen LogP contribution in [0.25, 0.3) is 39.1 Å². The minimum Gasteiger partial charge on any atom is -0.366 e. The van der Waals surface area contributed by atoms with Crippen LogP contribution < -0.4 is 5.73 Å². The fourth-order valence-electron chi connectivity index (χ4n) is 5.35. The van der Waals surface area contributed by atoms with Crippen molar-refractivity contribution in [1.29, 1.82) is 0 Å². The maximum atomic E-state index is 12.8. The average Bonchev–Trinajstić information content (AvgIpc) is 3.62. The van der Waals surface area contributed by atoms with Gasteiger partial charge in [-0.15, -0.1) is 0 Å². The summed E-state index contributed by atoms with van der Waals surface area (Å²) >= 11 is 0. The number of imidazole rings is 1. The third-order valence-corrected chi connectivity index (χ3v) is 9.47. The number of aldehydes is 1. The fraction of sp³-hybridized carbons (Fsp3) is 0.314. The van der Waals surface area contributed by atoms with Gasteiger partial charge in [0.25, 0.3) is 0 Å². The summed E-state index contributed by atoms with van der Waals surface area (Å²) in [5, 5.41) is 5.57. The highest BCUT2D eigenvalue weighted by Crippen LogP contribution is 2.37. The van der Waals surface area contributed by atoms with Crippen LogP contribution in [0.5, 0.6) is 0 Å². The number of rotatable bonds is 15. The van der Waals surface area contributed by atoms with E-state index < -0.39 is 14.0 Å². The van der Waals surface area contributed by atoms with Gasteiger partial charge in [0, 0.05) is 43.9 Å². The predicted octanol–water partition coefficient (Wildman–Crippen LogP) is 7.27. The zero-order valence-electron chi connectivity index (χ0n) is 25.8. The van der Waals surface area contributed by atoms with Crippen molar-refractivity contribution in [2.75, 3.05) is 6.61 Å². The maximum absolute atomic E-state index is 12.8. The Balaban J connectivity index is 1.54. The van der Waals surface area contributed by atoms with Crippen molar-refractivity contribution in [2.24, 2.45) is 5.73 Å². The number of aryl methyl sites for hydroxylation is 1. The molecule has 0 unspecified atom stereocenters. The number of primary amides is 1. The first-order valence-corrected chi connectivity index (χ1v) is 19.0. The van der Waals surface area contributed by atoms with E-state index in [0.29, 0.717) is 30.1 Å². The quantitative estimate of drug-likeness (QED) is 0.0766. The van der Waals surface area contributed by atoms with Crippen molar-refractivity contribution < 1.29 is 14.3 Å². The molecular weight excluding hydrogens is 567 g/mol. The number of aromatic nitrogens is 4. The Morgan fingerprint density at radius 2 is 1.82 bits per heavy atom. The average molecular weight is 608 g/mol. The molecule has 0 saturated carbocycles. The van der Waals surface area contributed by atoms with Gasteiger partial charge in [-0.3, -0.25) is 9.36 Å². The lowest BCUT2D eigenvalue weighted by atomic mass is 9.93. The molecule has 2 heterocycles. The molecule has 9 heteroatoms. The van der Waals surface area contributed by atoms with Gasteiger partial charge in [0.15, 0.2) is 0 Å². The van der Waals surface area contributed by atoms with Gasteiger partial charge in [0.2, 0.25) is 5.91 Å². The minimum absolute atomic E-state index is 0.405. The van der Waals surface area contributed by atoms with Crippen molar-refractivity contribution in [3.63, 3.8) is 0 Å². The molecular formula is C35H41N5O3Si. The van der Waals surface area contributed by atoms with Crippen LogP contribution in [0.15, 0.2) is 79.1 Å². The molecule has 2 N–H and O–H groups in total. The predicted molar refractivity (Wildman–Crippen MR) is 179 cm³/mol. The van der Waals surface area contributed by atoms with Gasteiger partial charge in [-0.1, -0.05) is 62.5 Å². The second-order valence-corrected chi connectivity index (χ2v) is 18.0. The first-order valence-electron chi connectivity index (χ1n) is 15.3. The Labute approximate surface area is 259 Å². The van der Waals surface area contributed by atoms with Crippen LogP contribution in [0, 0.1) is 0 Å². The van der Waals surface area contributed by atoms with Gasteiger partial charge < -0.3 is 15.3 Å². The SMILES string of the molecule is C[Si](C)(C)CCOCn1ncc2cc(-c3cccc(C(N)=O)c3-c3nc(CCCCCC=O)cn3-c3ccccc3)ccc21. The van der Waals surface area contributed by atoms with E-state index in [1.165, 1.54) is 0 Å². The number of para-hydroxylation sites is 1. The molecule has 0 aliphatic rings. The van der Waals surface area contributed by atoms with Crippen LogP contribution in [0.3, 0.4) is 0 Å². The number of hydrogen-bond acceptors (Lipinski definition) is 5. The van der Waals surface area contributed by atoms with E-state index in [4.69, 9.17) is 15.5 Å². The lowest BCUT2D eigenvalue weighted by molar-refractivity contribution is -0.107. The van der Waals surface area contributed by atoms with Crippen LogP contribution in [-0.4, -0.2) is 46.2 Å². The number of carbonyl (C=O) groups excluding carboxylic acids is 2. The molecule has 0 bridgehead atoms. The molecule has 0 radical (unpaired) electrons. The zero-order valence-corrected chi connectivity index (χ0v) is 26.8. The summed E-state index contributed by atoms with van der Waals surface area (Å²) < 4.78 is 9.88. The third kappa shape index (κ3) is 7.41. The van der Waals surface area contributed by atoms with E-state index in [0.717, 1.165) is 78.0 Å². The summed E-state index contributed by atoms with van der Waals surface area (Å²) in [6, 6.07) is 22.9. The maximum Gasteiger partial charge on any atom is 0.249 e. The third-order valence-electron chi connectivity index (χ3n) is 7.76. The number of nitrogens with two attached hydrogens (primary N) is 1. The first-order chi connectivity index (χ1) is 21.2. The molecule has 0 spiro atoms. The second-order valence-electron chi connectivity index (χ2n) is 12.4. The second kappa shape index (κ2) is 14.0. The molecule has 228 valence electrons. The zero-order chi connectivity index (χ0) is 31.1. The lowest BCUT2D eigenvalue weighted by Crippen LogP contribution is -2.22. The van der Waals surface area contributed by atoms with E-state index in [2.05, 4.69) is 42.9 Å². The molecule has 1 amide bonds. The summed E-state index contributed by atoms with van der Waals surface area (Å²) in [6.07, 6.45) is 8.95. The van der Waals surface area contributed by atoms with E-state index >= 15 is 0 Å². The van der Waals surface area contributed by atoms with Crippen molar-refractivity contribution in [3.05, 3.63) is 90.4 Å². The Bertz CT molecular complexity index is 1740. The molecule has 0 aliphatic carbocycles. The van der Waals surface area contributed by atoms with Gasteiger partial charge >= 0.3 is 0 Å². The van der Waals surface area contributed by atoms with E-state index in [-0.39, 0.29) is 0 Å². The topological polar surface area (TPSA) is 105 Å². The van der Waals surface area contributed by atoms with Crippen molar-refractivity contribution >= 4 is 31.2 Å². The van der Waals surface area contributed by atoms with Crippen LogP contribution >= 0.6 is 0 Å². The normalized spacial score (nSPS) is 11.7. The number of hydrogen-bond donors (Lipinski definition) is 1. The molecule has 0 atom stereocenters. The van der Waals surface area contributed by atoms with Crippen LogP contribution in [-0.2, 0) is 22.7 Å². The van der Waals surface area contributed by atoms with Crippen molar-refractivity contribution in [2.45, 2.75) is 64.5 Å². The molecule has 5 aromatic rings. The van der Waals surface area contributed by atoms with Gasteiger partial charge in [-0.25, -0.2) is 9.67 Å². The largest absolute Gasteiger partial charge is 0.366 e. The number of nitrogens with zero attached hydrogens (tertiary/aromatic N) is 4. The highest BCUT2D eigenvalue weighted by Gasteiger charge is 2.22. The summed E-state index contributed by atoms with van der Waals surface area (Å²) in [6.45, 7) is 8.16. The lowest BCUT2D eigenvalue weighted by Gasteiger charge is -2.16. The number of benzene rings is 3. The van der Waals surface area contributed by atoms with Gasteiger partial charge in [-0.05, 0) is 66.8 Å². The van der Waals surface area contributed by atoms with Crippen molar-refractivity contribution in [3.8, 4) is 28.2 Å². The molecule has 0 saturated heterocycles. The Hall–Kier alpha value is -4.34. The Kier molecular flexibility index (Phi) is 9.87. The van der Waals surface area contributed by atoms with Crippen LogP contribution in [0.1, 0.15) is 41.7 Å². The summed E-state index contributed by atoms with van der Waals surface area (Å²) in [5.74, 6) is 0.152. The smallest absolute Gasteiger partial charge is 0.249 e. The number of amides is 1. The summed E-state index contributed by atoms with van der Waals surface area (Å²) in [7, 11) is -1.17. The Morgan fingerprint density at radius 1 is 1.00 bits per heavy atom. The number of carbonyl (C=O) groups is 2. The highest BCUT2D eigenvalue weighted by molar-refractivity contribution is 6.76. The summed E-state index contributed by atoms with van der Waals surface area (Å²) in [5.41, 5.74) is 11.7. The summed E-state index contributed by atoms with van der Waals surface area (Å²) in [4.78, 5) is 28.7. The van der Waals surface area contributed by atoms with Crippen LogP contribution in [0.4, 0.5) is 0 Å². The monoisotopic (exact) mass is 607 g/mol. The van der Waals surface area contributed by atoms with Crippen molar-refractivity contribution in [1.82, 2.24) is 19.3 Å². The minimum atomic E-state index is -1.17. The molecule has 0 aliphatic heterocycles. The number of ether oxygens (including phenoxy) is 1. The molecule has 2 aromatic heterocycles.